The Morgan fingerprint density at radius 2 is 1.68 bits per heavy atom. The fourth-order valence-electron chi connectivity index (χ4n) is 4.06. The first-order chi connectivity index (χ1) is 18.2. The van der Waals surface area contributed by atoms with Crippen LogP contribution in [0.1, 0.15) is 25.8 Å². The van der Waals surface area contributed by atoms with Crippen molar-refractivity contribution < 1.29 is 22.7 Å². The maximum absolute atomic E-state index is 13.9. The Morgan fingerprint density at radius 1 is 0.974 bits per heavy atom. The largest absolute Gasteiger partial charge is 0.497 e. The van der Waals surface area contributed by atoms with Crippen molar-refractivity contribution in [3.05, 3.63) is 89.4 Å². The Bertz CT molecular complexity index is 1350. The number of hydrogen-bond donors (Lipinski definition) is 1. The Morgan fingerprint density at radius 3 is 2.32 bits per heavy atom. The fourth-order valence-corrected chi connectivity index (χ4v) is 5.67. The molecule has 202 valence electrons. The van der Waals surface area contributed by atoms with E-state index in [0.29, 0.717) is 23.7 Å². The van der Waals surface area contributed by atoms with E-state index in [4.69, 9.17) is 16.3 Å². The molecule has 2 amide bonds. The number of methoxy groups -OCH3 is 1. The minimum atomic E-state index is -4.14. The van der Waals surface area contributed by atoms with Gasteiger partial charge in [-0.25, -0.2) is 8.42 Å². The van der Waals surface area contributed by atoms with E-state index in [-0.39, 0.29) is 23.0 Å². The summed E-state index contributed by atoms with van der Waals surface area (Å²) in [6.45, 7) is 3.55. The summed E-state index contributed by atoms with van der Waals surface area (Å²) in [7, 11) is -2.59. The van der Waals surface area contributed by atoms with Crippen LogP contribution in [-0.4, -0.2) is 51.4 Å². The number of halogens is 1. The molecule has 0 spiro atoms. The number of hydrogen-bond acceptors (Lipinski definition) is 5. The predicted molar refractivity (Wildman–Crippen MR) is 149 cm³/mol. The van der Waals surface area contributed by atoms with E-state index < -0.39 is 28.5 Å². The molecule has 3 aromatic carbocycles. The molecule has 1 N–H and O–H groups in total. The van der Waals surface area contributed by atoms with Crippen LogP contribution < -0.4 is 14.4 Å². The SMILES string of the molecule is CCNC(=O)[C@@H](CC)N(Cc1cccc(OC)c1)C(=O)CN(c1cccc(Cl)c1)S(=O)(=O)c1ccccc1. The van der Waals surface area contributed by atoms with Crippen molar-refractivity contribution in [3.63, 3.8) is 0 Å². The number of likely N-dealkylation sites (N-methyl/N-ethyl adjacent to an activating group) is 1. The molecule has 0 aliphatic rings. The van der Waals surface area contributed by atoms with E-state index in [1.807, 2.05) is 6.07 Å². The number of benzene rings is 3. The number of ether oxygens (including phenoxy) is 1. The van der Waals surface area contributed by atoms with Crippen LogP contribution in [0, 0.1) is 0 Å². The zero-order valence-electron chi connectivity index (χ0n) is 21.6. The van der Waals surface area contributed by atoms with E-state index in [1.165, 1.54) is 23.1 Å². The summed E-state index contributed by atoms with van der Waals surface area (Å²) in [6, 6.07) is 20.5. The molecule has 1 atom stereocenters. The van der Waals surface area contributed by atoms with Gasteiger partial charge < -0.3 is 15.0 Å². The lowest BCUT2D eigenvalue weighted by molar-refractivity contribution is -0.140. The van der Waals surface area contributed by atoms with Gasteiger partial charge in [-0.3, -0.25) is 13.9 Å². The standard InChI is InChI=1S/C28H32ClN3O5S/c1-4-26(28(34)30-5-2)31(19-21-11-9-14-24(17-21)37-3)27(33)20-32(23-13-10-12-22(29)18-23)38(35,36)25-15-7-6-8-16-25/h6-18,26H,4-5,19-20H2,1-3H3,(H,30,34)/t26-/m1/s1. The first kappa shape index (κ1) is 29.0. The summed E-state index contributed by atoms with van der Waals surface area (Å²) in [5, 5.41) is 3.11. The van der Waals surface area contributed by atoms with Gasteiger partial charge in [0, 0.05) is 18.1 Å². The number of nitrogens with one attached hydrogen (secondary N) is 1. The third-order valence-electron chi connectivity index (χ3n) is 5.93. The topological polar surface area (TPSA) is 96.0 Å². The molecular formula is C28H32ClN3O5S. The van der Waals surface area contributed by atoms with Crippen LogP contribution in [0.2, 0.25) is 5.02 Å². The van der Waals surface area contributed by atoms with E-state index in [0.717, 1.165) is 9.87 Å². The Kier molecular flexibility index (Phi) is 10.2. The van der Waals surface area contributed by atoms with E-state index >= 15 is 0 Å². The molecule has 0 aliphatic carbocycles. The van der Waals surface area contributed by atoms with E-state index in [2.05, 4.69) is 5.32 Å². The molecule has 0 aliphatic heterocycles. The van der Waals surface area contributed by atoms with Gasteiger partial charge in [-0.2, -0.15) is 0 Å². The van der Waals surface area contributed by atoms with Crippen LogP contribution >= 0.6 is 11.6 Å². The number of amides is 2. The predicted octanol–water partition coefficient (Wildman–Crippen LogP) is 4.49. The smallest absolute Gasteiger partial charge is 0.264 e. The third kappa shape index (κ3) is 7.05. The number of carbonyl (C=O) groups is 2. The molecular weight excluding hydrogens is 526 g/mol. The van der Waals surface area contributed by atoms with Gasteiger partial charge in [0.15, 0.2) is 0 Å². The molecule has 0 radical (unpaired) electrons. The van der Waals surface area contributed by atoms with Crippen LogP contribution in [0.4, 0.5) is 5.69 Å². The van der Waals surface area contributed by atoms with Crippen LogP contribution in [-0.2, 0) is 26.2 Å². The quantitative estimate of drug-likeness (QED) is 0.354. The average molecular weight is 558 g/mol. The lowest BCUT2D eigenvalue weighted by atomic mass is 10.1. The maximum Gasteiger partial charge on any atom is 0.264 e. The summed E-state index contributed by atoms with van der Waals surface area (Å²) in [5.74, 6) is -0.245. The summed E-state index contributed by atoms with van der Waals surface area (Å²) >= 11 is 6.19. The summed E-state index contributed by atoms with van der Waals surface area (Å²) in [6.07, 6.45) is 0.337. The Labute approximate surface area is 229 Å². The van der Waals surface area contributed by atoms with E-state index in [1.54, 1.807) is 75.6 Å². The van der Waals surface area contributed by atoms with Gasteiger partial charge in [0.25, 0.3) is 10.0 Å². The molecule has 3 aromatic rings. The second-order valence-corrected chi connectivity index (χ2v) is 10.8. The van der Waals surface area contributed by atoms with Crippen LogP contribution in [0.3, 0.4) is 0 Å². The van der Waals surface area contributed by atoms with Crippen molar-refractivity contribution in [1.82, 2.24) is 10.2 Å². The zero-order chi connectivity index (χ0) is 27.7. The van der Waals surface area contributed by atoms with Crippen molar-refractivity contribution in [2.45, 2.75) is 37.8 Å². The minimum absolute atomic E-state index is 0.0305. The van der Waals surface area contributed by atoms with Gasteiger partial charge >= 0.3 is 0 Å². The van der Waals surface area contributed by atoms with E-state index in [9.17, 15) is 18.0 Å². The molecule has 0 fully saturated rings. The highest BCUT2D eigenvalue weighted by Gasteiger charge is 2.33. The average Bonchev–Trinajstić information content (AvgIpc) is 2.92. The molecule has 0 heterocycles. The van der Waals surface area contributed by atoms with Gasteiger partial charge in [0.2, 0.25) is 11.8 Å². The maximum atomic E-state index is 13.9. The highest BCUT2D eigenvalue weighted by atomic mass is 35.5. The number of anilines is 1. The second-order valence-electron chi connectivity index (χ2n) is 8.50. The number of rotatable bonds is 12. The molecule has 3 rings (SSSR count). The first-order valence-corrected chi connectivity index (χ1v) is 14.1. The van der Waals surface area contributed by atoms with Crippen molar-refractivity contribution >= 4 is 39.1 Å². The normalized spacial score (nSPS) is 11.9. The minimum Gasteiger partial charge on any atom is -0.497 e. The third-order valence-corrected chi connectivity index (χ3v) is 7.95. The summed E-state index contributed by atoms with van der Waals surface area (Å²) < 4.78 is 33.8. The van der Waals surface area contributed by atoms with Crippen LogP contribution in [0.15, 0.2) is 83.8 Å². The van der Waals surface area contributed by atoms with Crippen molar-refractivity contribution in [2.24, 2.45) is 0 Å². The van der Waals surface area contributed by atoms with Crippen LogP contribution in [0.25, 0.3) is 0 Å². The summed E-state index contributed by atoms with van der Waals surface area (Å²) in [4.78, 5) is 28.4. The van der Waals surface area contributed by atoms with Gasteiger partial charge in [-0.15, -0.1) is 0 Å². The van der Waals surface area contributed by atoms with Gasteiger partial charge in [-0.05, 0) is 61.4 Å². The number of carbonyl (C=O) groups excluding carboxylic acids is 2. The molecule has 8 nitrogen and oxygen atoms in total. The molecule has 10 heteroatoms. The van der Waals surface area contributed by atoms with Crippen molar-refractivity contribution in [3.8, 4) is 5.75 Å². The van der Waals surface area contributed by atoms with Gasteiger partial charge in [0.05, 0.1) is 17.7 Å². The molecule has 0 bridgehead atoms. The molecule has 0 aromatic heterocycles. The van der Waals surface area contributed by atoms with Gasteiger partial charge in [0.1, 0.15) is 18.3 Å². The number of nitrogens with zero attached hydrogens (tertiary/aromatic N) is 2. The number of sulfonamides is 1. The second kappa shape index (κ2) is 13.3. The highest BCUT2D eigenvalue weighted by Crippen LogP contribution is 2.27. The summed E-state index contributed by atoms with van der Waals surface area (Å²) in [5.41, 5.74) is 0.975. The van der Waals surface area contributed by atoms with Crippen molar-refractivity contribution in [1.29, 1.82) is 0 Å². The first-order valence-electron chi connectivity index (χ1n) is 12.2. The Balaban J connectivity index is 2.06. The monoisotopic (exact) mass is 557 g/mol. The lowest BCUT2D eigenvalue weighted by Gasteiger charge is -2.33. The molecule has 0 unspecified atom stereocenters. The fraction of sp³-hybridized carbons (Fsp3) is 0.286. The molecule has 0 saturated carbocycles. The lowest BCUT2D eigenvalue weighted by Crippen LogP contribution is -2.52. The van der Waals surface area contributed by atoms with Gasteiger partial charge in [-0.1, -0.05) is 54.9 Å². The Hall–Kier alpha value is -3.56. The van der Waals surface area contributed by atoms with Crippen molar-refractivity contribution in [2.75, 3.05) is 24.5 Å². The zero-order valence-corrected chi connectivity index (χ0v) is 23.2. The van der Waals surface area contributed by atoms with Crippen LogP contribution in [0.5, 0.6) is 5.75 Å². The molecule has 0 saturated heterocycles. The molecule has 38 heavy (non-hydrogen) atoms. The highest BCUT2D eigenvalue weighted by molar-refractivity contribution is 7.92.